The second kappa shape index (κ2) is 6.86. The Kier molecular flexibility index (Phi) is 5.77. The van der Waals surface area contributed by atoms with E-state index in [0.29, 0.717) is 0 Å². The molecule has 100 valence electrons. The Morgan fingerprint density at radius 2 is 2.17 bits per heavy atom. The third kappa shape index (κ3) is 5.61. The van der Waals surface area contributed by atoms with Crippen LogP contribution in [0, 0.1) is 0 Å². The Hall–Kier alpha value is -0.920. The number of halogens is 1. The maximum Gasteiger partial charge on any atom is 0.322 e. The lowest BCUT2D eigenvalue weighted by atomic mass is 10.2. The van der Waals surface area contributed by atoms with Crippen molar-refractivity contribution < 1.29 is 17.9 Å². The maximum absolute atomic E-state index is 11.6. The highest BCUT2D eigenvalue weighted by atomic mass is 79.9. The van der Waals surface area contributed by atoms with Crippen molar-refractivity contribution in [2.75, 3.05) is 12.4 Å². The first-order valence-corrected chi connectivity index (χ1v) is 7.75. The normalized spacial score (nSPS) is 11.2. The molecule has 0 fully saturated rings. The van der Waals surface area contributed by atoms with Gasteiger partial charge in [-0.1, -0.05) is 28.1 Å². The van der Waals surface area contributed by atoms with Gasteiger partial charge in [0.25, 0.3) is 0 Å². The molecule has 0 unspecified atom stereocenters. The van der Waals surface area contributed by atoms with Crippen molar-refractivity contribution in [2.24, 2.45) is 0 Å². The highest BCUT2D eigenvalue weighted by molar-refractivity contribution is 9.10. The summed E-state index contributed by atoms with van der Waals surface area (Å²) in [5.74, 6) is -1.41. The molecule has 1 aromatic rings. The van der Waals surface area contributed by atoms with Gasteiger partial charge in [0.2, 0.25) is 10.0 Å². The van der Waals surface area contributed by atoms with Crippen LogP contribution in [-0.4, -0.2) is 26.7 Å². The molecule has 0 saturated carbocycles. The van der Waals surface area contributed by atoms with Crippen molar-refractivity contribution in [1.29, 1.82) is 0 Å². The van der Waals surface area contributed by atoms with E-state index in [-0.39, 0.29) is 13.2 Å². The second-order valence-corrected chi connectivity index (χ2v) is 6.24. The van der Waals surface area contributed by atoms with Gasteiger partial charge < -0.3 is 4.74 Å². The van der Waals surface area contributed by atoms with Crippen LogP contribution in [0.1, 0.15) is 12.5 Å². The van der Waals surface area contributed by atoms with Crippen LogP contribution in [0.5, 0.6) is 0 Å². The average molecular weight is 336 g/mol. The maximum atomic E-state index is 11.6. The van der Waals surface area contributed by atoms with Crippen molar-refractivity contribution in [3.05, 3.63) is 34.3 Å². The molecule has 0 aliphatic rings. The van der Waals surface area contributed by atoms with Crippen molar-refractivity contribution in [3.63, 3.8) is 0 Å². The van der Waals surface area contributed by atoms with Gasteiger partial charge in [0.05, 0.1) is 6.61 Å². The van der Waals surface area contributed by atoms with Gasteiger partial charge in [0, 0.05) is 11.0 Å². The zero-order valence-corrected chi connectivity index (χ0v) is 12.3. The van der Waals surface area contributed by atoms with E-state index in [1.807, 2.05) is 6.07 Å². The summed E-state index contributed by atoms with van der Waals surface area (Å²) in [6, 6.07) is 7.24. The van der Waals surface area contributed by atoms with Crippen molar-refractivity contribution in [1.82, 2.24) is 4.72 Å². The van der Waals surface area contributed by atoms with E-state index in [4.69, 9.17) is 0 Å². The molecule has 7 heteroatoms. The van der Waals surface area contributed by atoms with Gasteiger partial charge in [-0.25, -0.2) is 13.1 Å². The Balaban J connectivity index is 2.54. The Labute approximate surface area is 115 Å². The molecule has 0 saturated heterocycles. The van der Waals surface area contributed by atoms with Gasteiger partial charge in [-0.3, -0.25) is 4.79 Å². The molecule has 18 heavy (non-hydrogen) atoms. The average Bonchev–Trinajstić information content (AvgIpc) is 2.26. The number of hydrogen-bond acceptors (Lipinski definition) is 4. The number of carbonyl (C=O) groups excluding carboxylic acids is 1. The molecule has 0 amide bonds. The van der Waals surface area contributed by atoms with Gasteiger partial charge in [-0.05, 0) is 24.6 Å². The first-order chi connectivity index (χ1) is 8.43. The van der Waals surface area contributed by atoms with Crippen LogP contribution in [0.25, 0.3) is 0 Å². The molecule has 0 bridgehead atoms. The van der Waals surface area contributed by atoms with E-state index in [0.717, 1.165) is 10.0 Å². The number of benzene rings is 1. The quantitative estimate of drug-likeness (QED) is 0.798. The number of hydrogen-bond donors (Lipinski definition) is 1. The molecule has 1 aromatic carbocycles. The Bertz CT molecular complexity index is 516. The molecule has 0 aromatic heterocycles. The van der Waals surface area contributed by atoms with Crippen LogP contribution in [0.2, 0.25) is 0 Å². The fourth-order valence-electron chi connectivity index (χ4n) is 1.25. The number of esters is 1. The summed E-state index contributed by atoms with van der Waals surface area (Å²) in [5.41, 5.74) is 0.803. The lowest BCUT2D eigenvalue weighted by molar-refractivity contribution is -0.139. The summed E-state index contributed by atoms with van der Waals surface area (Å²) >= 11 is 3.29. The molecular weight excluding hydrogens is 322 g/mol. The fraction of sp³-hybridized carbons (Fsp3) is 0.364. The van der Waals surface area contributed by atoms with Crippen molar-refractivity contribution >= 4 is 31.9 Å². The van der Waals surface area contributed by atoms with Gasteiger partial charge >= 0.3 is 5.97 Å². The van der Waals surface area contributed by atoms with Gasteiger partial charge in [-0.2, -0.15) is 0 Å². The standard InChI is InChI=1S/C11H14BrNO4S/c1-2-17-11(14)8-18(15,16)13-7-9-4-3-5-10(12)6-9/h3-6,13H,2,7-8H2,1H3. The minimum Gasteiger partial charge on any atom is -0.465 e. The molecular formula is C11H14BrNO4S. The van der Waals surface area contributed by atoms with E-state index in [2.05, 4.69) is 25.4 Å². The molecule has 1 rings (SSSR count). The van der Waals surface area contributed by atoms with E-state index >= 15 is 0 Å². The van der Waals surface area contributed by atoms with Gasteiger partial charge in [0.1, 0.15) is 0 Å². The van der Waals surface area contributed by atoms with Crippen molar-refractivity contribution in [3.8, 4) is 0 Å². The van der Waals surface area contributed by atoms with Crippen LogP contribution in [-0.2, 0) is 26.1 Å². The SMILES string of the molecule is CCOC(=O)CS(=O)(=O)NCc1cccc(Br)c1. The topological polar surface area (TPSA) is 72.5 Å². The number of ether oxygens (including phenoxy) is 1. The first-order valence-electron chi connectivity index (χ1n) is 5.30. The molecule has 5 nitrogen and oxygen atoms in total. The third-order valence-electron chi connectivity index (χ3n) is 2.00. The minimum atomic E-state index is -3.65. The minimum absolute atomic E-state index is 0.140. The Morgan fingerprint density at radius 3 is 2.78 bits per heavy atom. The molecule has 0 aliphatic carbocycles. The van der Waals surface area contributed by atoms with Crippen LogP contribution >= 0.6 is 15.9 Å². The highest BCUT2D eigenvalue weighted by Gasteiger charge is 2.16. The highest BCUT2D eigenvalue weighted by Crippen LogP contribution is 2.11. The van der Waals surface area contributed by atoms with Crippen molar-refractivity contribution in [2.45, 2.75) is 13.5 Å². The largest absolute Gasteiger partial charge is 0.465 e. The van der Waals surface area contributed by atoms with E-state index < -0.39 is 21.7 Å². The van der Waals surface area contributed by atoms with Gasteiger partial charge in [-0.15, -0.1) is 0 Å². The smallest absolute Gasteiger partial charge is 0.322 e. The van der Waals surface area contributed by atoms with Crippen LogP contribution in [0.4, 0.5) is 0 Å². The summed E-state index contributed by atoms with van der Waals surface area (Å²) in [5, 5.41) is 0. The number of carbonyl (C=O) groups is 1. The first kappa shape index (κ1) is 15.1. The monoisotopic (exact) mass is 335 g/mol. The molecule has 0 spiro atoms. The summed E-state index contributed by atoms with van der Waals surface area (Å²) in [7, 11) is -3.65. The van der Waals surface area contributed by atoms with Crippen LogP contribution in [0.3, 0.4) is 0 Å². The zero-order valence-electron chi connectivity index (χ0n) is 9.85. The lowest BCUT2D eigenvalue weighted by Crippen LogP contribution is -2.30. The predicted molar refractivity (Wildman–Crippen MR) is 71.4 cm³/mol. The Morgan fingerprint density at radius 1 is 1.44 bits per heavy atom. The molecule has 0 aliphatic heterocycles. The van der Waals surface area contributed by atoms with Crippen LogP contribution in [0.15, 0.2) is 28.7 Å². The summed E-state index contributed by atoms with van der Waals surface area (Å²) < 4.78 is 30.9. The van der Waals surface area contributed by atoms with Crippen LogP contribution < -0.4 is 4.72 Å². The number of rotatable bonds is 6. The lowest BCUT2D eigenvalue weighted by Gasteiger charge is -2.06. The number of sulfonamides is 1. The van der Waals surface area contributed by atoms with E-state index in [1.54, 1.807) is 25.1 Å². The molecule has 0 heterocycles. The molecule has 0 radical (unpaired) electrons. The third-order valence-corrected chi connectivity index (χ3v) is 3.69. The number of nitrogens with one attached hydrogen (secondary N) is 1. The summed E-state index contributed by atoms with van der Waals surface area (Å²) in [6.45, 7) is 1.93. The predicted octanol–water partition coefficient (Wildman–Crippen LogP) is 1.43. The van der Waals surface area contributed by atoms with Gasteiger partial charge in [0.15, 0.2) is 5.75 Å². The summed E-state index contributed by atoms with van der Waals surface area (Å²) in [6.07, 6.45) is 0. The molecule has 0 atom stereocenters. The van der Waals surface area contributed by atoms with E-state index in [1.165, 1.54) is 0 Å². The zero-order chi connectivity index (χ0) is 13.6. The fourth-order valence-corrected chi connectivity index (χ4v) is 2.58. The molecule has 1 N–H and O–H groups in total. The van der Waals surface area contributed by atoms with E-state index in [9.17, 15) is 13.2 Å². The summed E-state index contributed by atoms with van der Waals surface area (Å²) in [4.78, 5) is 11.1. The second-order valence-electron chi connectivity index (χ2n) is 3.52.